The van der Waals surface area contributed by atoms with Crippen molar-refractivity contribution < 1.29 is 17.8 Å². The summed E-state index contributed by atoms with van der Waals surface area (Å²) in [5, 5.41) is 8.14. The lowest BCUT2D eigenvalue weighted by Gasteiger charge is -2.33. The number of nitrogens with zero attached hydrogens (tertiary/aromatic N) is 2. The van der Waals surface area contributed by atoms with Gasteiger partial charge in [-0.2, -0.15) is 0 Å². The molecule has 0 saturated carbocycles. The summed E-state index contributed by atoms with van der Waals surface area (Å²) in [4.78, 5) is 1.85. The molecular formula is C14H34N3O3Si+. The molecule has 21 heavy (non-hydrogen) atoms. The van der Waals surface area contributed by atoms with Gasteiger partial charge in [-0.3, -0.25) is 4.48 Å². The van der Waals surface area contributed by atoms with Crippen LogP contribution < -0.4 is 0 Å². The predicted octanol–water partition coefficient (Wildman–Crippen LogP) is 2.00. The summed E-state index contributed by atoms with van der Waals surface area (Å²) in [6, 6.07) is 0.797. The summed E-state index contributed by atoms with van der Waals surface area (Å²) < 4.78 is 18.1. The van der Waals surface area contributed by atoms with Gasteiger partial charge in [-0.1, -0.05) is 0 Å². The molecule has 0 aromatic rings. The molecular weight excluding hydrogens is 286 g/mol. The maximum atomic E-state index is 8.14. The molecule has 0 unspecified atom stereocenters. The van der Waals surface area contributed by atoms with E-state index in [2.05, 4.69) is 0 Å². The maximum absolute atomic E-state index is 8.14. The fourth-order valence-electron chi connectivity index (χ4n) is 2.34. The second kappa shape index (κ2) is 9.53. The molecule has 126 valence electrons. The van der Waals surface area contributed by atoms with Crippen LogP contribution in [-0.2, 0) is 13.3 Å². The molecule has 1 N–H and O–H groups in total. The average molecular weight is 321 g/mol. The standard InChI is InChI=1S/C14H34N3O3Si/c1-8-18-21(19-9-2,20-10-3)13-11-12-17(6,7)14(15)16(4)5/h15H,8-13H2,1-7H3/q+1. The van der Waals surface area contributed by atoms with E-state index in [1.54, 1.807) is 0 Å². The third-order valence-electron chi connectivity index (χ3n) is 3.29. The van der Waals surface area contributed by atoms with E-state index < -0.39 is 8.80 Å². The molecule has 0 spiro atoms. The van der Waals surface area contributed by atoms with Gasteiger partial charge in [0.15, 0.2) is 0 Å². The summed E-state index contributed by atoms with van der Waals surface area (Å²) in [6.45, 7) is 8.61. The molecule has 0 aliphatic carbocycles. The van der Waals surface area contributed by atoms with Crippen molar-refractivity contribution in [1.82, 2.24) is 4.90 Å². The highest BCUT2D eigenvalue weighted by molar-refractivity contribution is 6.60. The number of hydrogen-bond donors (Lipinski definition) is 1. The number of guanidine groups is 1. The largest absolute Gasteiger partial charge is 0.501 e. The quantitative estimate of drug-likeness (QED) is 0.289. The Morgan fingerprint density at radius 2 is 1.43 bits per heavy atom. The van der Waals surface area contributed by atoms with Crippen molar-refractivity contribution in [1.29, 1.82) is 5.41 Å². The van der Waals surface area contributed by atoms with Crippen molar-refractivity contribution in [3.8, 4) is 0 Å². The van der Waals surface area contributed by atoms with E-state index in [1.165, 1.54) is 0 Å². The molecule has 0 amide bonds. The van der Waals surface area contributed by atoms with Crippen LogP contribution in [0.5, 0.6) is 0 Å². The molecule has 0 aliphatic rings. The van der Waals surface area contributed by atoms with Gasteiger partial charge in [-0.15, -0.1) is 0 Å². The Labute approximate surface area is 131 Å². The van der Waals surface area contributed by atoms with E-state index in [4.69, 9.17) is 18.7 Å². The van der Waals surface area contributed by atoms with Gasteiger partial charge in [0.05, 0.1) is 20.6 Å². The molecule has 0 bridgehead atoms. The Hall–Kier alpha value is -0.473. The van der Waals surface area contributed by atoms with Gasteiger partial charge < -0.3 is 18.2 Å². The summed E-state index contributed by atoms with van der Waals surface area (Å²) in [7, 11) is 5.36. The van der Waals surface area contributed by atoms with Gasteiger partial charge in [-0.25, -0.2) is 5.41 Å². The lowest BCUT2D eigenvalue weighted by Crippen LogP contribution is -2.53. The van der Waals surface area contributed by atoms with Crippen LogP contribution in [0.4, 0.5) is 0 Å². The zero-order chi connectivity index (χ0) is 16.5. The highest BCUT2D eigenvalue weighted by atomic mass is 28.4. The molecule has 0 heterocycles. The molecule has 0 aromatic carbocycles. The summed E-state index contributed by atoms with van der Waals surface area (Å²) in [5.74, 6) is 0.589. The monoisotopic (exact) mass is 320 g/mol. The van der Waals surface area contributed by atoms with Crippen molar-refractivity contribution in [3.05, 3.63) is 0 Å². The van der Waals surface area contributed by atoms with Crippen LogP contribution >= 0.6 is 0 Å². The normalized spacial score (nSPS) is 12.5. The van der Waals surface area contributed by atoms with E-state index >= 15 is 0 Å². The molecule has 6 nitrogen and oxygen atoms in total. The summed E-state index contributed by atoms with van der Waals surface area (Å²) >= 11 is 0. The second-order valence-corrected chi connectivity index (χ2v) is 8.44. The first-order valence-corrected chi connectivity index (χ1v) is 9.69. The smallest absolute Gasteiger partial charge is 0.374 e. The van der Waals surface area contributed by atoms with Crippen LogP contribution in [0.25, 0.3) is 0 Å². The SMILES string of the molecule is CCO[Si](CCC[N+](C)(C)C(=N)N(C)C)(OCC)OCC. The zero-order valence-corrected chi connectivity index (χ0v) is 15.9. The van der Waals surface area contributed by atoms with Crippen LogP contribution in [0.15, 0.2) is 0 Å². The van der Waals surface area contributed by atoms with Gasteiger partial charge in [-0.05, 0) is 20.8 Å². The van der Waals surface area contributed by atoms with E-state index in [0.29, 0.717) is 30.3 Å². The van der Waals surface area contributed by atoms with E-state index in [0.717, 1.165) is 19.0 Å². The molecule has 0 saturated heterocycles. The minimum atomic E-state index is -2.55. The minimum Gasteiger partial charge on any atom is -0.374 e. The fraction of sp³-hybridized carbons (Fsp3) is 0.929. The predicted molar refractivity (Wildman–Crippen MR) is 88.4 cm³/mol. The Morgan fingerprint density at radius 3 is 1.76 bits per heavy atom. The third kappa shape index (κ3) is 6.88. The zero-order valence-electron chi connectivity index (χ0n) is 14.9. The Morgan fingerprint density at radius 1 is 1.00 bits per heavy atom. The van der Waals surface area contributed by atoms with Gasteiger partial charge in [0, 0.05) is 46.4 Å². The van der Waals surface area contributed by atoms with E-state index in [9.17, 15) is 0 Å². The van der Waals surface area contributed by atoms with Crippen LogP contribution in [0, 0.1) is 5.41 Å². The van der Waals surface area contributed by atoms with Crippen LogP contribution in [0.3, 0.4) is 0 Å². The van der Waals surface area contributed by atoms with Crippen molar-refractivity contribution in [2.75, 3.05) is 54.6 Å². The maximum Gasteiger partial charge on any atom is 0.501 e. The Kier molecular flexibility index (Phi) is 9.31. The number of nitrogens with one attached hydrogen (secondary N) is 1. The average Bonchev–Trinajstić information content (AvgIpc) is 2.38. The highest BCUT2D eigenvalue weighted by Crippen LogP contribution is 2.19. The highest BCUT2D eigenvalue weighted by Gasteiger charge is 2.40. The lowest BCUT2D eigenvalue weighted by atomic mass is 10.4. The van der Waals surface area contributed by atoms with E-state index in [1.807, 2.05) is 53.9 Å². The molecule has 0 atom stereocenters. The Balaban J connectivity index is 4.64. The minimum absolute atomic E-state index is 0.544. The summed E-state index contributed by atoms with van der Waals surface area (Å²) in [6.07, 6.45) is 0.912. The van der Waals surface area contributed by atoms with Crippen molar-refractivity contribution in [3.63, 3.8) is 0 Å². The third-order valence-corrected chi connectivity index (χ3v) is 6.44. The van der Waals surface area contributed by atoms with Crippen molar-refractivity contribution in [2.45, 2.75) is 33.2 Å². The van der Waals surface area contributed by atoms with E-state index in [-0.39, 0.29) is 0 Å². The number of hydrogen-bond acceptors (Lipinski definition) is 4. The van der Waals surface area contributed by atoms with Gasteiger partial charge in [0.1, 0.15) is 0 Å². The fourth-order valence-corrected chi connectivity index (χ4v) is 4.93. The van der Waals surface area contributed by atoms with Gasteiger partial charge in [0.25, 0.3) is 5.96 Å². The molecule has 0 fully saturated rings. The first kappa shape index (κ1) is 20.5. The van der Waals surface area contributed by atoms with Crippen molar-refractivity contribution >= 4 is 14.8 Å². The van der Waals surface area contributed by atoms with Gasteiger partial charge in [0.2, 0.25) is 0 Å². The first-order chi connectivity index (χ1) is 9.74. The lowest BCUT2D eigenvalue weighted by molar-refractivity contribution is -0.805. The Bertz CT molecular complexity index is 295. The molecule has 0 aliphatic heterocycles. The number of rotatable bonds is 10. The number of quaternary nitrogens is 1. The van der Waals surface area contributed by atoms with Gasteiger partial charge >= 0.3 is 8.80 Å². The topological polar surface area (TPSA) is 54.8 Å². The first-order valence-electron chi connectivity index (χ1n) is 7.76. The molecule has 0 rings (SSSR count). The molecule has 0 aromatic heterocycles. The van der Waals surface area contributed by atoms with Crippen LogP contribution in [0.1, 0.15) is 27.2 Å². The van der Waals surface area contributed by atoms with Crippen molar-refractivity contribution in [2.24, 2.45) is 0 Å². The van der Waals surface area contributed by atoms with Crippen LogP contribution in [0.2, 0.25) is 6.04 Å². The molecule has 7 heteroatoms. The summed E-state index contributed by atoms with van der Waals surface area (Å²) in [5.41, 5.74) is 0. The second-order valence-electron chi connectivity index (χ2n) is 5.71. The van der Waals surface area contributed by atoms with Crippen LogP contribution in [-0.4, -0.2) is 78.7 Å². The molecule has 0 radical (unpaired) electrons.